The van der Waals surface area contributed by atoms with Crippen LogP contribution >= 0.6 is 0 Å². The number of carboxylic acid groups (broad SMARTS) is 1. The topological polar surface area (TPSA) is 63.6 Å². The molecular formula is C9H18O4S. The Morgan fingerprint density at radius 2 is 2.07 bits per heavy atom. The van der Waals surface area contributed by atoms with Gasteiger partial charge < -0.3 is 9.84 Å². The van der Waals surface area contributed by atoms with Crippen molar-refractivity contribution in [2.45, 2.75) is 20.3 Å². The number of rotatable bonds is 8. The van der Waals surface area contributed by atoms with Gasteiger partial charge in [-0.05, 0) is 5.92 Å². The van der Waals surface area contributed by atoms with Gasteiger partial charge in [0.05, 0.1) is 13.0 Å². The second-order valence-electron chi connectivity index (χ2n) is 3.46. The molecule has 1 atom stereocenters. The number of hydrogen-bond donors (Lipinski definition) is 1. The van der Waals surface area contributed by atoms with Crippen molar-refractivity contribution in [3.8, 4) is 0 Å². The highest BCUT2D eigenvalue weighted by atomic mass is 32.2. The van der Waals surface area contributed by atoms with Crippen molar-refractivity contribution >= 4 is 16.8 Å². The predicted octanol–water partition coefficient (Wildman–Crippen LogP) is 0.882. The van der Waals surface area contributed by atoms with Crippen LogP contribution in [0.25, 0.3) is 0 Å². The van der Waals surface area contributed by atoms with Gasteiger partial charge in [0.1, 0.15) is 0 Å². The molecule has 84 valence electrons. The van der Waals surface area contributed by atoms with Gasteiger partial charge in [-0.1, -0.05) is 13.8 Å². The highest BCUT2D eigenvalue weighted by Crippen LogP contribution is 1.94. The van der Waals surface area contributed by atoms with Crippen molar-refractivity contribution < 1.29 is 18.8 Å². The first-order valence-corrected chi connectivity index (χ1v) is 6.15. The monoisotopic (exact) mass is 222 g/mol. The zero-order valence-corrected chi connectivity index (χ0v) is 9.51. The van der Waals surface area contributed by atoms with Crippen molar-refractivity contribution in [3.05, 3.63) is 0 Å². The van der Waals surface area contributed by atoms with E-state index in [4.69, 9.17) is 9.84 Å². The first-order chi connectivity index (χ1) is 6.52. The predicted molar refractivity (Wildman–Crippen MR) is 55.8 cm³/mol. The standard InChI is InChI=1S/C9H18O4S/c1-8(2)7-13-4-6-14(12)5-3-9(10)11/h8H,3-7H2,1-2H3,(H,10,11). The molecular weight excluding hydrogens is 204 g/mol. The van der Waals surface area contributed by atoms with E-state index in [1.54, 1.807) is 0 Å². The maximum absolute atomic E-state index is 11.2. The van der Waals surface area contributed by atoms with Crippen LogP contribution < -0.4 is 0 Å². The van der Waals surface area contributed by atoms with Crippen LogP contribution in [0.3, 0.4) is 0 Å². The minimum absolute atomic E-state index is 0.0310. The van der Waals surface area contributed by atoms with E-state index < -0.39 is 16.8 Å². The molecule has 0 aliphatic carbocycles. The lowest BCUT2D eigenvalue weighted by Crippen LogP contribution is -2.13. The third-order valence-electron chi connectivity index (χ3n) is 1.45. The summed E-state index contributed by atoms with van der Waals surface area (Å²) in [6, 6.07) is 0. The van der Waals surface area contributed by atoms with Gasteiger partial charge in [0, 0.05) is 28.9 Å². The smallest absolute Gasteiger partial charge is 0.304 e. The zero-order chi connectivity index (χ0) is 11.0. The molecule has 0 spiro atoms. The lowest BCUT2D eigenvalue weighted by Gasteiger charge is -2.05. The highest BCUT2D eigenvalue weighted by Gasteiger charge is 2.03. The van der Waals surface area contributed by atoms with Crippen LogP contribution in [0.5, 0.6) is 0 Å². The zero-order valence-electron chi connectivity index (χ0n) is 8.69. The first-order valence-electron chi connectivity index (χ1n) is 4.67. The number of ether oxygens (including phenoxy) is 1. The van der Waals surface area contributed by atoms with Gasteiger partial charge in [-0.25, -0.2) is 0 Å². The van der Waals surface area contributed by atoms with Crippen molar-refractivity contribution in [3.63, 3.8) is 0 Å². The van der Waals surface area contributed by atoms with Crippen LogP contribution in [0.2, 0.25) is 0 Å². The maximum Gasteiger partial charge on any atom is 0.304 e. The number of aliphatic carboxylic acids is 1. The largest absolute Gasteiger partial charge is 0.481 e. The molecule has 0 fully saturated rings. The van der Waals surface area contributed by atoms with Crippen molar-refractivity contribution in [1.82, 2.24) is 0 Å². The van der Waals surface area contributed by atoms with E-state index in [2.05, 4.69) is 0 Å². The third-order valence-corrected chi connectivity index (χ3v) is 2.73. The lowest BCUT2D eigenvalue weighted by atomic mass is 10.2. The van der Waals surface area contributed by atoms with E-state index in [1.165, 1.54) is 0 Å². The van der Waals surface area contributed by atoms with Crippen molar-refractivity contribution in [1.29, 1.82) is 0 Å². The fraction of sp³-hybridized carbons (Fsp3) is 0.889. The molecule has 14 heavy (non-hydrogen) atoms. The van der Waals surface area contributed by atoms with E-state index in [1.807, 2.05) is 13.8 Å². The average molecular weight is 222 g/mol. The number of hydrogen-bond acceptors (Lipinski definition) is 3. The van der Waals surface area contributed by atoms with Gasteiger partial charge in [-0.3, -0.25) is 9.00 Å². The summed E-state index contributed by atoms with van der Waals surface area (Å²) in [5.74, 6) is 0.226. The van der Waals surface area contributed by atoms with Gasteiger partial charge in [0.15, 0.2) is 0 Å². The number of carbonyl (C=O) groups is 1. The van der Waals surface area contributed by atoms with E-state index in [0.29, 0.717) is 24.9 Å². The molecule has 4 nitrogen and oxygen atoms in total. The fourth-order valence-corrected chi connectivity index (χ4v) is 1.68. The summed E-state index contributed by atoms with van der Waals surface area (Å²) in [6.07, 6.45) is -0.0310. The molecule has 0 aliphatic rings. The molecule has 0 heterocycles. The van der Waals surface area contributed by atoms with E-state index in [-0.39, 0.29) is 12.2 Å². The highest BCUT2D eigenvalue weighted by molar-refractivity contribution is 7.85. The van der Waals surface area contributed by atoms with Crippen LogP contribution in [-0.4, -0.2) is 40.0 Å². The van der Waals surface area contributed by atoms with Gasteiger partial charge in [-0.15, -0.1) is 0 Å². The summed E-state index contributed by atoms with van der Waals surface area (Å²) in [5.41, 5.74) is 0. The molecule has 1 N–H and O–H groups in total. The Balaban J connectivity index is 3.31. The van der Waals surface area contributed by atoms with Crippen LogP contribution in [0.1, 0.15) is 20.3 Å². The van der Waals surface area contributed by atoms with Gasteiger partial charge >= 0.3 is 5.97 Å². The van der Waals surface area contributed by atoms with Gasteiger partial charge in [0.25, 0.3) is 0 Å². The van der Waals surface area contributed by atoms with Gasteiger partial charge in [-0.2, -0.15) is 0 Å². The normalized spacial score (nSPS) is 13.1. The van der Waals surface area contributed by atoms with Crippen LogP contribution in [0, 0.1) is 5.92 Å². The molecule has 1 unspecified atom stereocenters. The van der Waals surface area contributed by atoms with Crippen molar-refractivity contribution in [2.75, 3.05) is 24.7 Å². The Morgan fingerprint density at radius 1 is 1.43 bits per heavy atom. The summed E-state index contributed by atoms with van der Waals surface area (Å²) >= 11 is 0. The summed E-state index contributed by atoms with van der Waals surface area (Å²) in [4.78, 5) is 10.2. The maximum atomic E-state index is 11.2. The number of carboxylic acids is 1. The first kappa shape index (κ1) is 13.6. The Hall–Kier alpha value is -0.420. The van der Waals surface area contributed by atoms with Gasteiger partial charge in [0.2, 0.25) is 0 Å². The average Bonchev–Trinajstić information content (AvgIpc) is 2.08. The molecule has 0 saturated carbocycles. The Bertz CT molecular complexity index is 191. The molecule has 0 saturated heterocycles. The SMILES string of the molecule is CC(C)COCCS(=O)CCC(=O)O. The quantitative estimate of drug-likeness (QED) is 0.619. The summed E-state index contributed by atoms with van der Waals surface area (Å²) in [6.45, 7) is 5.20. The molecule has 0 aliphatic heterocycles. The molecule has 0 aromatic carbocycles. The fourth-order valence-electron chi connectivity index (χ4n) is 0.774. The van der Waals surface area contributed by atoms with E-state index in [0.717, 1.165) is 0 Å². The lowest BCUT2D eigenvalue weighted by molar-refractivity contribution is -0.136. The van der Waals surface area contributed by atoms with Crippen LogP contribution in [0.15, 0.2) is 0 Å². The Labute approximate surface area is 87.1 Å². The molecule has 5 heteroatoms. The molecule has 0 aromatic heterocycles. The minimum Gasteiger partial charge on any atom is -0.481 e. The Kier molecular flexibility index (Phi) is 7.70. The van der Waals surface area contributed by atoms with Crippen LogP contribution in [0.4, 0.5) is 0 Å². The van der Waals surface area contributed by atoms with E-state index in [9.17, 15) is 9.00 Å². The Morgan fingerprint density at radius 3 is 2.57 bits per heavy atom. The molecule has 0 aromatic rings. The van der Waals surface area contributed by atoms with Crippen molar-refractivity contribution in [2.24, 2.45) is 5.92 Å². The van der Waals surface area contributed by atoms with E-state index >= 15 is 0 Å². The summed E-state index contributed by atoms with van der Waals surface area (Å²) in [5, 5.41) is 8.34. The van der Waals surface area contributed by atoms with Crippen LogP contribution in [-0.2, 0) is 20.3 Å². The summed E-state index contributed by atoms with van der Waals surface area (Å²) in [7, 11) is -1.06. The minimum atomic E-state index is -1.06. The third kappa shape index (κ3) is 9.67. The molecule has 0 rings (SSSR count). The molecule has 0 radical (unpaired) electrons. The summed E-state index contributed by atoms with van der Waals surface area (Å²) < 4.78 is 16.4. The second kappa shape index (κ2) is 7.94. The molecule has 0 bridgehead atoms. The molecule has 0 amide bonds. The second-order valence-corrected chi connectivity index (χ2v) is 5.16.